The van der Waals surface area contributed by atoms with E-state index >= 15 is 0 Å². The lowest BCUT2D eigenvalue weighted by Crippen LogP contribution is -2.46. The van der Waals surface area contributed by atoms with Crippen LogP contribution in [0, 0.1) is 0 Å². The molecular formula is C12H16ClNOS. The summed E-state index contributed by atoms with van der Waals surface area (Å²) in [6, 6.07) is 2.49. The first kappa shape index (κ1) is 11.0. The Hall–Kier alpha value is -0.0900. The lowest BCUT2D eigenvalue weighted by molar-refractivity contribution is -0.0332. The first-order chi connectivity index (χ1) is 7.66. The Kier molecular flexibility index (Phi) is 2.75. The van der Waals surface area contributed by atoms with Crippen molar-refractivity contribution in [1.82, 2.24) is 5.32 Å². The number of rotatable bonds is 3. The Morgan fingerprint density at radius 1 is 1.56 bits per heavy atom. The summed E-state index contributed by atoms with van der Waals surface area (Å²) in [6.07, 6.45) is 5.34. The van der Waals surface area contributed by atoms with Crippen LogP contribution < -0.4 is 5.32 Å². The van der Waals surface area contributed by atoms with Gasteiger partial charge in [-0.05, 0) is 43.7 Å². The molecule has 0 radical (unpaired) electrons. The van der Waals surface area contributed by atoms with Gasteiger partial charge in [-0.15, -0.1) is 11.3 Å². The van der Waals surface area contributed by atoms with E-state index in [0.717, 1.165) is 36.6 Å². The third-order valence-corrected chi connectivity index (χ3v) is 5.15. The smallest absolute Gasteiger partial charge is 0.0934 e. The molecule has 1 unspecified atom stereocenters. The summed E-state index contributed by atoms with van der Waals surface area (Å²) < 4.78 is 0.888. The summed E-state index contributed by atoms with van der Waals surface area (Å²) >= 11 is 7.71. The highest BCUT2D eigenvalue weighted by atomic mass is 35.5. The Labute approximate surface area is 105 Å². The molecule has 2 aliphatic carbocycles. The van der Waals surface area contributed by atoms with Gasteiger partial charge in [0.25, 0.3) is 0 Å². The maximum atomic E-state index is 10.0. The molecule has 1 aromatic heterocycles. The second-order valence-corrected chi connectivity index (χ2v) is 6.75. The van der Waals surface area contributed by atoms with Crippen LogP contribution in [0.1, 0.15) is 42.2 Å². The molecule has 0 bridgehead atoms. The maximum absolute atomic E-state index is 10.0. The van der Waals surface area contributed by atoms with Gasteiger partial charge in [-0.2, -0.15) is 0 Å². The third-order valence-electron chi connectivity index (χ3n) is 3.81. The lowest BCUT2D eigenvalue weighted by atomic mass is 9.80. The van der Waals surface area contributed by atoms with Gasteiger partial charge in [0.1, 0.15) is 0 Å². The summed E-state index contributed by atoms with van der Waals surface area (Å²) in [7, 11) is 0. The van der Waals surface area contributed by atoms with E-state index in [1.807, 2.05) is 0 Å². The van der Waals surface area contributed by atoms with Gasteiger partial charge in [-0.3, -0.25) is 0 Å². The monoisotopic (exact) mass is 257 g/mol. The van der Waals surface area contributed by atoms with Crippen molar-refractivity contribution in [2.45, 2.75) is 43.7 Å². The summed E-state index contributed by atoms with van der Waals surface area (Å²) in [5.41, 5.74) is 0.931. The van der Waals surface area contributed by atoms with Crippen molar-refractivity contribution >= 4 is 22.9 Å². The molecule has 0 aliphatic heterocycles. The summed E-state index contributed by atoms with van der Waals surface area (Å²) in [5.74, 6) is 0. The van der Waals surface area contributed by atoms with Crippen molar-refractivity contribution in [3.8, 4) is 0 Å². The molecule has 0 aromatic carbocycles. The van der Waals surface area contributed by atoms with E-state index in [-0.39, 0.29) is 0 Å². The van der Waals surface area contributed by atoms with Crippen molar-refractivity contribution in [2.24, 2.45) is 0 Å². The molecule has 0 amide bonds. The van der Waals surface area contributed by atoms with Gasteiger partial charge in [0.2, 0.25) is 0 Å². The second-order valence-electron chi connectivity index (χ2n) is 4.98. The molecule has 88 valence electrons. The molecule has 3 rings (SSSR count). The van der Waals surface area contributed by atoms with Crippen molar-refractivity contribution in [2.75, 3.05) is 6.54 Å². The second kappa shape index (κ2) is 3.98. The van der Waals surface area contributed by atoms with Crippen molar-refractivity contribution < 1.29 is 5.11 Å². The van der Waals surface area contributed by atoms with Gasteiger partial charge < -0.3 is 10.4 Å². The molecule has 1 atom stereocenters. The van der Waals surface area contributed by atoms with Gasteiger partial charge in [0, 0.05) is 17.5 Å². The molecule has 2 aliphatic rings. The van der Waals surface area contributed by atoms with Crippen LogP contribution >= 0.6 is 22.9 Å². The van der Waals surface area contributed by atoms with Crippen LogP contribution in [0.2, 0.25) is 4.34 Å². The van der Waals surface area contributed by atoms with Crippen LogP contribution in [0.3, 0.4) is 0 Å². The van der Waals surface area contributed by atoms with Crippen LogP contribution in [0.4, 0.5) is 0 Å². The standard InChI is InChI=1S/C12H16ClNOS/c13-11-6-8-9(2-3-10(8)16-11)14-7-12(15)4-1-5-12/h6,9,14-15H,1-5,7H2. The van der Waals surface area contributed by atoms with E-state index in [0.29, 0.717) is 6.04 Å². The van der Waals surface area contributed by atoms with Gasteiger partial charge in [0.05, 0.1) is 9.94 Å². The van der Waals surface area contributed by atoms with E-state index in [4.69, 9.17) is 11.6 Å². The number of aliphatic hydroxyl groups is 1. The largest absolute Gasteiger partial charge is 0.389 e. The van der Waals surface area contributed by atoms with Crippen LogP contribution in [0.15, 0.2) is 6.07 Å². The minimum Gasteiger partial charge on any atom is -0.389 e. The molecule has 2 N–H and O–H groups in total. The fraction of sp³-hybridized carbons (Fsp3) is 0.667. The normalized spacial score (nSPS) is 26.5. The van der Waals surface area contributed by atoms with E-state index < -0.39 is 5.60 Å². The summed E-state index contributed by atoms with van der Waals surface area (Å²) in [5, 5.41) is 13.5. The van der Waals surface area contributed by atoms with Crippen LogP contribution in [0.5, 0.6) is 0 Å². The number of nitrogens with one attached hydrogen (secondary N) is 1. The topological polar surface area (TPSA) is 32.3 Å². The quantitative estimate of drug-likeness (QED) is 0.873. The molecule has 1 aromatic rings. The fourth-order valence-electron chi connectivity index (χ4n) is 2.62. The Morgan fingerprint density at radius 2 is 2.38 bits per heavy atom. The number of aryl methyl sites for hydroxylation is 1. The van der Waals surface area contributed by atoms with Gasteiger partial charge in [0.15, 0.2) is 0 Å². The maximum Gasteiger partial charge on any atom is 0.0934 e. The number of halogens is 1. The zero-order valence-corrected chi connectivity index (χ0v) is 10.7. The SMILES string of the molecule is OC1(CNC2CCc3sc(Cl)cc32)CCC1. The summed E-state index contributed by atoms with van der Waals surface area (Å²) in [4.78, 5) is 1.42. The third kappa shape index (κ3) is 1.90. The number of hydrogen-bond donors (Lipinski definition) is 2. The van der Waals surface area contributed by atoms with Gasteiger partial charge >= 0.3 is 0 Å². The first-order valence-electron chi connectivity index (χ1n) is 5.90. The minimum atomic E-state index is -0.428. The number of fused-ring (bicyclic) bond motifs is 1. The van der Waals surface area contributed by atoms with Gasteiger partial charge in [-0.1, -0.05) is 11.6 Å². The molecular weight excluding hydrogens is 242 g/mol. The predicted octanol–water partition coefficient (Wildman–Crippen LogP) is 2.89. The van der Waals surface area contributed by atoms with Crippen molar-refractivity contribution in [1.29, 1.82) is 0 Å². The average molecular weight is 258 g/mol. The van der Waals surface area contributed by atoms with E-state index in [1.165, 1.54) is 16.9 Å². The molecule has 4 heteroatoms. The van der Waals surface area contributed by atoms with E-state index in [2.05, 4.69) is 11.4 Å². The Bertz CT molecular complexity index is 400. The number of thiophene rings is 1. The highest BCUT2D eigenvalue weighted by molar-refractivity contribution is 7.16. The van der Waals surface area contributed by atoms with Crippen LogP contribution in [-0.2, 0) is 6.42 Å². The first-order valence-corrected chi connectivity index (χ1v) is 7.10. The highest BCUT2D eigenvalue weighted by Gasteiger charge is 2.35. The molecule has 16 heavy (non-hydrogen) atoms. The number of hydrogen-bond acceptors (Lipinski definition) is 3. The predicted molar refractivity (Wildman–Crippen MR) is 67.2 cm³/mol. The Morgan fingerprint density at radius 3 is 3.06 bits per heavy atom. The molecule has 2 nitrogen and oxygen atoms in total. The van der Waals surface area contributed by atoms with Gasteiger partial charge in [-0.25, -0.2) is 0 Å². The minimum absolute atomic E-state index is 0.406. The molecule has 1 saturated carbocycles. The molecule has 0 saturated heterocycles. The fourth-order valence-corrected chi connectivity index (χ4v) is 3.97. The van der Waals surface area contributed by atoms with E-state index in [9.17, 15) is 5.11 Å². The Balaban J connectivity index is 1.64. The van der Waals surface area contributed by atoms with Crippen LogP contribution in [-0.4, -0.2) is 17.3 Å². The van der Waals surface area contributed by atoms with Crippen molar-refractivity contribution in [3.63, 3.8) is 0 Å². The summed E-state index contributed by atoms with van der Waals surface area (Å²) in [6.45, 7) is 0.727. The van der Waals surface area contributed by atoms with Crippen LogP contribution in [0.25, 0.3) is 0 Å². The van der Waals surface area contributed by atoms with E-state index in [1.54, 1.807) is 11.3 Å². The highest BCUT2D eigenvalue weighted by Crippen LogP contribution is 2.40. The zero-order chi connectivity index (χ0) is 11.2. The molecule has 1 fully saturated rings. The average Bonchev–Trinajstić information content (AvgIpc) is 2.71. The zero-order valence-electron chi connectivity index (χ0n) is 9.13. The molecule has 1 heterocycles. The molecule has 0 spiro atoms. The van der Waals surface area contributed by atoms with Crippen molar-refractivity contribution in [3.05, 3.63) is 20.8 Å². The lowest BCUT2D eigenvalue weighted by Gasteiger charge is -2.37.